The molecule has 0 saturated carbocycles. The molecule has 1 aromatic carbocycles. The number of rotatable bonds is 4. The second-order valence-electron chi connectivity index (χ2n) is 6.19. The predicted octanol–water partition coefficient (Wildman–Crippen LogP) is 2.68. The third-order valence-corrected chi connectivity index (χ3v) is 4.99. The lowest BCUT2D eigenvalue weighted by Gasteiger charge is -2.30. The summed E-state index contributed by atoms with van der Waals surface area (Å²) in [5.41, 5.74) is 2.40. The summed E-state index contributed by atoms with van der Waals surface area (Å²) in [4.78, 5) is 12.2. The van der Waals surface area contributed by atoms with E-state index in [9.17, 15) is 4.79 Å². The summed E-state index contributed by atoms with van der Waals surface area (Å²) in [5.74, 6) is 0.300. The van der Waals surface area contributed by atoms with Crippen molar-refractivity contribution in [3.05, 3.63) is 34.3 Å². The van der Waals surface area contributed by atoms with Crippen molar-refractivity contribution in [2.45, 2.75) is 31.4 Å². The standard InChI is InChI=1S/C17H23ClN2O3/c1-22-16-10-23-7-6-12(16)9-19-17(21)20-15-5-2-11-8-13(18)3-4-14(11)15/h3-4,8,12,15-16H,2,5-7,9-10H2,1H3,(H2,19,20,21)/t12?,15-,16?/m1/s1. The number of nitrogens with one attached hydrogen (secondary N) is 2. The Morgan fingerprint density at radius 2 is 2.30 bits per heavy atom. The molecule has 0 aromatic heterocycles. The molecule has 5 nitrogen and oxygen atoms in total. The number of benzene rings is 1. The molecule has 3 atom stereocenters. The minimum absolute atomic E-state index is 0.0541. The van der Waals surface area contributed by atoms with Crippen molar-refractivity contribution in [3.8, 4) is 0 Å². The number of halogens is 1. The van der Waals surface area contributed by atoms with Crippen LogP contribution in [0.25, 0.3) is 0 Å². The van der Waals surface area contributed by atoms with Gasteiger partial charge >= 0.3 is 6.03 Å². The fourth-order valence-corrected chi connectivity index (χ4v) is 3.61. The summed E-state index contributed by atoms with van der Waals surface area (Å²) in [5, 5.41) is 6.78. The second-order valence-corrected chi connectivity index (χ2v) is 6.62. The van der Waals surface area contributed by atoms with Gasteiger partial charge in [0.1, 0.15) is 0 Å². The number of aryl methyl sites for hydroxylation is 1. The molecular formula is C17H23ClN2O3. The molecule has 23 heavy (non-hydrogen) atoms. The maximum absolute atomic E-state index is 12.2. The lowest BCUT2D eigenvalue weighted by atomic mass is 9.97. The SMILES string of the molecule is COC1COCCC1CNC(=O)N[C@@H]1CCc2cc(Cl)ccc21. The molecule has 2 aliphatic rings. The van der Waals surface area contributed by atoms with Crippen LogP contribution in [0.1, 0.15) is 30.0 Å². The van der Waals surface area contributed by atoms with Crippen LogP contribution in [0.5, 0.6) is 0 Å². The smallest absolute Gasteiger partial charge is 0.315 e. The molecule has 1 aliphatic carbocycles. The van der Waals surface area contributed by atoms with Crippen molar-refractivity contribution in [2.24, 2.45) is 5.92 Å². The average molecular weight is 339 g/mol. The normalized spacial score (nSPS) is 26.6. The lowest BCUT2D eigenvalue weighted by molar-refractivity contribution is -0.0638. The molecule has 6 heteroatoms. The van der Waals surface area contributed by atoms with E-state index in [2.05, 4.69) is 10.6 Å². The highest BCUT2D eigenvalue weighted by atomic mass is 35.5. The maximum atomic E-state index is 12.2. The first kappa shape index (κ1) is 16.6. The number of hydrogen-bond donors (Lipinski definition) is 2. The van der Waals surface area contributed by atoms with Crippen LogP contribution in [-0.4, -0.2) is 39.0 Å². The number of urea groups is 1. The molecule has 1 saturated heterocycles. The number of carbonyl (C=O) groups is 1. The maximum Gasteiger partial charge on any atom is 0.315 e. The molecule has 2 amide bonds. The molecular weight excluding hydrogens is 316 g/mol. The number of fused-ring (bicyclic) bond motifs is 1. The zero-order valence-corrected chi connectivity index (χ0v) is 14.1. The quantitative estimate of drug-likeness (QED) is 0.887. The fraction of sp³-hybridized carbons (Fsp3) is 0.588. The van der Waals surface area contributed by atoms with Crippen molar-refractivity contribution >= 4 is 17.6 Å². The van der Waals surface area contributed by atoms with Crippen LogP contribution in [0.15, 0.2) is 18.2 Å². The van der Waals surface area contributed by atoms with Crippen LogP contribution in [-0.2, 0) is 15.9 Å². The first-order valence-electron chi connectivity index (χ1n) is 8.10. The Morgan fingerprint density at radius 3 is 3.13 bits per heavy atom. The van der Waals surface area contributed by atoms with Crippen LogP contribution in [0.4, 0.5) is 4.79 Å². The number of hydrogen-bond acceptors (Lipinski definition) is 3. The number of carbonyl (C=O) groups excluding carboxylic acids is 1. The van der Waals surface area contributed by atoms with E-state index < -0.39 is 0 Å². The fourth-order valence-electron chi connectivity index (χ4n) is 3.42. The number of ether oxygens (including phenoxy) is 2. The third-order valence-electron chi connectivity index (χ3n) is 4.76. The van der Waals surface area contributed by atoms with Gasteiger partial charge in [0.25, 0.3) is 0 Å². The van der Waals surface area contributed by atoms with Gasteiger partial charge in [-0.15, -0.1) is 0 Å². The lowest BCUT2D eigenvalue weighted by Crippen LogP contribution is -2.45. The minimum Gasteiger partial charge on any atom is -0.379 e. The van der Waals surface area contributed by atoms with Gasteiger partial charge in [0.2, 0.25) is 0 Å². The molecule has 1 heterocycles. The van der Waals surface area contributed by atoms with E-state index in [1.54, 1.807) is 7.11 Å². The Balaban J connectivity index is 1.51. The second kappa shape index (κ2) is 7.51. The predicted molar refractivity (Wildman–Crippen MR) is 88.8 cm³/mol. The average Bonchev–Trinajstić information content (AvgIpc) is 2.95. The molecule has 1 aliphatic heterocycles. The summed E-state index contributed by atoms with van der Waals surface area (Å²) < 4.78 is 10.8. The van der Waals surface area contributed by atoms with Crippen molar-refractivity contribution < 1.29 is 14.3 Å². The Labute approximate surface area is 141 Å². The summed E-state index contributed by atoms with van der Waals surface area (Å²) in [6, 6.07) is 5.81. The molecule has 2 N–H and O–H groups in total. The number of methoxy groups -OCH3 is 1. The van der Waals surface area contributed by atoms with E-state index in [4.69, 9.17) is 21.1 Å². The molecule has 1 aromatic rings. The van der Waals surface area contributed by atoms with Crippen LogP contribution >= 0.6 is 11.6 Å². The highest BCUT2D eigenvalue weighted by molar-refractivity contribution is 6.30. The Morgan fingerprint density at radius 1 is 1.43 bits per heavy atom. The van der Waals surface area contributed by atoms with Gasteiger partial charge < -0.3 is 20.1 Å². The molecule has 2 unspecified atom stereocenters. The van der Waals surface area contributed by atoms with Gasteiger partial charge in [-0.2, -0.15) is 0 Å². The molecule has 0 spiro atoms. The van der Waals surface area contributed by atoms with Gasteiger partial charge in [-0.1, -0.05) is 17.7 Å². The van der Waals surface area contributed by atoms with Gasteiger partial charge in [-0.3, -0.25) is 0 Å². The number of amides is 2. The van der Waals surface area contributed by atoms with Crippen molar-refractivity contribution in [1.82, 2.24) is 10.6 Å². The van der Waals surface area contributed by atoms with E-state index in [1.165, 1.54) is 11.1 Å². The Kier molecular flexibility index (Phi) is 5.41. The summed E-state index contributed by atoms with van der Waals surface area (Å²) >= 11 is 6.02. The third kappa shape index (κ3) is 3.97. The Hall–Kier alpha value is -1.30. The molecule has 3 rings (SSSR count). The van der Waals surface area contributed by atoms with E-state index in [0.717, 1.165) is 30.9 Å². The van der Waals surface area contributed by atoms with Gasteiger partial charge in [0, 0.05) is 31.2 Å². The van der Waals surface area contributed by atoms with Crippen LogP contribution < -0.4 is 10.6 Å². The topological polar surface area (TPSA) is 59.6 Å². The van der Waals surface area contributed by atoms with Crippen molar-refractivity contribution in [2.75, 3.05) is 26.9 Å². The molecule has 0 radical (unpaired) electrons. The Bertz CT molecular complexity index is 567. The van der Waals surface area contributed by atoms with E-state index in [-0.39, 0.29) is 18.2 Å². The summed E-state index contributed by atoms with van der Waals surface area (Å²) in [7, 11) is 1.69. The summed E-state index contributed by atoms with van der Waals surface area (Å²) in [6.45, 7) is 1.93. The molecule has 126 valence electrons. The largest absolute Gasteiger partial charge is 0.379 e. The van der Waals surface area contributed by atoms with Gasteiger partial charge in [-0.25, -0.2) is 4.79 Å². The monoisotopic (exact) mass is 338 g/mol. The zero-order chi connectivity index (χ0) is 16.2. The zero-order valence-electron chi connectivity index (χ0n) is 13.3. The van der Waals surface area contributed by atoms with E-state index in [0.29, 0.717) is 19.1 Å². The summed E-state index contributed by atoms with van der Waals surface area (Å²) in [6.07, 6.45) is 2.83. The minimum atomic E-state index is -0.126. The first-order chi connectivity index (χ1) is 11.2. The molecule has 0 bridgehead atoms. The van der Waals surface area contributed by atoms with Crippen molar-refractivity contribution in [3.63, 3.8) is 0 Å². The van der Waals surface area contributed by atoms with Gasteiger partial charge in [0.05, 0.1) is 18.8 Å². The van der Waals surface area contributed by atoms with Crippen LogP contribution in [0, 0.1) is 5.92 Å². The highest BCUT2D eigenvalue weighted by Crippen LogP contribution is 2.32. The van der Waals surface area contributed by atoms with E-state index in [1.807, 2.05) is 18.2 Å². The molecule has 1 fully saturated rings. The highest BCUT2D eigenvalue weighted by Gasteiger charge is 2.27. The first-order valence-corrected chi connectivity index (χ1v) is 8.48. The van der Waals surface area contributed by atoms with E-state index >= 15 is 0 Å². The van der Waals surface area contributed by atoms with Crippen LogP contribution in [0.3, 0.4) is 0 Å². The van der Waals surface area contributed by atoms with Crippen LogP contribution in [0.2, 0.25) is 5.02 Å². The van der Waals surface area contributed by atoms with Gasteiger partial charge in [-0.05, 0) is 42.5 Å². The van der Waals surface area contributed by atoms with Crippen molar-refractivity contribution in [1.29, 1.82) is 0 Å². The van der Waals surface area contributed by atoms with Gasteiger partial charge in [0.15, 0.2) is 0 Å².